The number of halogens is 2. The Hall–Kier alpha value is -1.78. The number of alkyl halides is 2. The average molecular weight is 380 g/mol. The molecule has 1 saturated carbocycles. The maximum Gasteiger partial charge on any atom is 0.315 e. The number of likely N-dealkylation sites (N-methyl/N-ethyl adjacent to an activating group) is 1. The van der Waals surface area contributed by atoms with Gasteiger partial charge in [-0.25, -0.2) is 0 Å². The molecule has 2 aromatic carbocycles. The zero-order valence-electron chi connectivity index (χ0n) is 14.1. The highest BCUT2D eigenvalue weighted by Crippen LogP contribution is 2.64. The second-order valence-corrected chi connectivity index (χ2v) is 7.91. The van der Waals surface area contributed by atoms with Crippen molar-refractivity contribution in [2.24, 2.45) is 5.41 Å². The highest BCUT2D eigenvalue weighted by Gasteiger charge is 2.69. The second-order valence-electron chi connectivity index (χ2n) is 6.43. The molecule has 1 aliphatic rings. The highest BCUT2D eigenvalue weighted by molar-refractivity contribution is 6.53. The molecule has 1 fully saturated rings. The molecule has 0 spiro atoms. The Kier molecular flexibility index (Phi) is 4.69. The summed E-state index contributed by atoms with van der Waals surface area (Å²) in [6.45, 7) is 3.65. The van der Waals surface area contributed by atoms with Crippen LogP contribution in [-0.4, -0.2) is 29.4 Å². The predicted octanol–water partition coefficient (Wildman–Crippen LogP) is 4.32. The van der Waals surface area contributed by atoms with E-state index >= 15 is 0 Å². The van der Waals surface area contributed by atoms with Gasteiger partial charge in [-0.1, -0.05) is 36.4 Å². The first-order chi connectivity index (χ1) is 11.8. The third kappa shape index (κ3) is 3.21. The Labute approximate surface area is 156 Å². The van der Waals surface area contributed by atoms with Gasteiger partial charge in [-0.15, -0.1) is 23.2 Å². The Balaban J connectivity index is 1.75. The number of esters is 1. The normalized spacial score (nSPS) is 21.0. The van der Waals surface area contributed by atoms with Crippen LogP contribution < -0.4 is 4.90 Å². The number of carbonyl (C=O) groups is 2. The Bertz CT molecular complexity index is 831. The Morgan fingerprint density at radius 1 is 1.16 bits per heavy atom. The number of hydrogen-bond acceptors (Lipinski definition) is 3. The number of nitrogens with zero attached hydrogens (tertiary/aromatic N) is 1. The van der Waals surface area contributed by atoms with E-state index in [9.17, 15) is 9.59 Å². The lowest BCUT2D eigenvalue weighted by molar-refractivity contribution is -0.152. The summed E-state index contributed by atoms with van der Waals surface area (Å²) in [5.74, 6) is -0.828. The fraction of sp³-hybridized carbons (Fsp3) is 0.368. The average Bonchev–Trinajstić information content (AvgIpc) is 3.13. The third-order valence-electron chi connectivity index (χ3n) is 4.71. The van der Waals surface area contributed by atoms with Gasteiger partial charge in [0.2, 0.25) is 0 Å². The lowest BCUT2D eigenvalue weighted by Crippen LogP contribution is -2.36. The maximum atomic E-state index is 12.6. The molecule has 1 atom stereocenters. The van der Waals surface area contributed by atoms with Crippen LogP contribution in [0.1, 0.15) is 20.3 Å². The number of hydrogen-bond donors (Lipinski definition) is 0. The molecule has 0 aromatic heterocycles. The van der Waals surface area contributed by atoms with Crippen molar-refractivity contribution in [2.45, 2.75) is 24.6 Å². The summed E-state index contributed by atoms with van der Waals surface area (Å²) in [6, 6.07) is 13.6. The van der Waals surface area contributed by atoms with Crippen LogP contribution in [0.4, 0.5) is 5.69 Å². The van der Waals surface area contributed by atoms with Gasteiger partial charge in [-0.05, 0) is 25.3 Å². The van der Waals surface area contributed by atoms with Gasteiger partial charge in [-0.3, -0.25) is 9.59 Å². The number of rotatable bonds is 5. The van der Waals surface area contributed by atoms with Gasteiger partial charge in [-0.2, -0.15) is 0 Å². The first-order valence-corrected chi connectivity index (χ1v) is 8.89. The Morgan fingerprint density at radius 3 is 2.44 bits per heavy atom. The molecule has 0 bridgehead atoms. The van der Waals surface area contributed by atoms with Gasteiger partial charge in [0.15, 0.2) is 6.61 Å². The minimum absolute atomic E-state index is 0.286. The van der Waals surface area contributed by atoms with Crippen LogP contribution in [-0.2, 0) is 14.3 Å². The number of anilines is 1. The number of carbonyl (C=O) groups excluding carboxylic acids is 2. The highest BCUT2D eigenvalue weighted by atomic mass is 35.5. The van der Waals surface area contributed by atoms with Crippen molar-refractivity contribution in [1.29, 1.82) is 0 Å². The minimum Gasteiger partial charge on any atom is -0.455 e. The van der Waals surface area contributed by atoms with E-state index in [2.05, 4.69) is 0 Å². The lowest BCUT2D eigenvalue weighted by atomic mass is 10.1. The summed E-state index contributed by atoms with van der Waals surface area (Å²) in [6.07, 6.45) is 0.330. The number of ether oxygens (including phenoxy) is 1. The fourth-order valence-corrected chi connectivity index (χ4v) is 3.60. The largest absolute Gasteiger partial charge is 0.455 e. The molecule has 25 heavy (non-hydrogen) atoms. The van der Waals surface area contributed by atoms with Crippen molar-refractivity contribution in [3.8, 4) is 0 Å². The van der Waals surface area contributed by atoms with Gasteiger partial charge >= 0.3 is 5.97 Å². The molecule has 0 radical (unpaired) electrons. The smallest absolute Gasteiger partial charge is 0.315 e. The standard InChI is InChI=1S/C19H19Cl2NO3/c1-3-22(15-10-6-8-13-7-4-5-9-14(13)15)16(23)11-25-17(24)18(2)12-19(18,20)21/h4-10H,3,11-12H2,1-2H3. The fourth-order valence-electron chi connectivity index (χ4n) is 2.91. The summed E-state index contributed by atoms with van der Waals surface area (Å²) in [7, 11) is 0. The first kappa shape index (κ1) is 18.0. The molecule has 132 valence electrons. The minimum atomic E-state index is -1.10. The van der Waals surface area contributed by atoms with Crippen LogP contribution in [0.25, 0.3) is 10.8 Å². The molecule has 1 amide bonds. The maximum absolute atomic E-state index is 12.6. The zero-order valence-corrected chi connectivity index (χ0v) is 15.6. The number of benzene rings is 2. The summed E-state index contributed by atoms with van der Waals surface area (Å²) < 4.78 is 4.08. The topological polar surface area (TPSA) is 46.6 Å². The van der Waals surface area contributed by atoms with Crippen molar-refractivity contribution in [3.05, 3.63) is 42.5 Å². The van der Waals surface area contributed by atoms with Crippen molar-refractivity contribution in [2.75, 3.05) is 18.1 Å². The van der Waals surface area contributed by atoms with Crippen LogP contribution in [0.5, 0.6) is 0 Å². The first-order valence-electron chi connectivity index (χ1n) is 8.13. The van der Waals surface area contributed by atoms with Crippen molar-refractivity contribution in [1.82, 2.24) is 0 Å². The van der Waals surface area contributed by atoms with Crippen LogP contribution in [0, 0.1) is 5.41 Å². The molecule has 6 heteroatoms. The molecule has 2 aromatic rings. The van der Waals surface area contributed by atoms with Crippen molar-refractivity contribution >= 4 is 51.5 Å². The molecule has 0 N–H and O–H groups in total. The third-order valence-corrected chi connectivity index (χ3v) is 5.81. The number of fused-ring (bicyclic) bond motifs is 1. The SMILES string of the molecule is CCN(C(=O)COC(=O)C1(C)CC1(Cl)Cl)c1cccc2ccccc12. The molecular weight excluding hydrogens is 361 g/mol. The summed E-state index contributed by atoms with van der Waals surface area (Å²) in [5, 5.41) is 2.02. The Morgan fingerprint density at radius 2 is 1.80 bits per heavy atom. The van der Waals surface area contributed by atoms with Gasteiger partial charge < -0.3 is 9.64 Å². The van der Waals surface area contributed by atoms with Crippen LogP contribution in [0.3, 0.4) is 0 Å². The number of amides is 1. The lowest BCUT2D eigenvalue weighted by Gasteiger charge is -2.23. The predicted molar refractivity (Wildman–Crippen MR) is 100 cm³/mol. The molecular formula is C19H19Cl2NO3. The molecule has 0 heterocycles. The van der Waals surface area contributed by atoms with Gasteiger partial charge in [0.25, 0.3) is 5.91 Å². The molecule has 4 nitrogen and oxygen atoms in total. The van der Waals surface area contributed by atoms with Crippen molar-refractivity contribution < 1.29 is 14.3 Å². The van der Waals surface area contributed by atoms with E-state index in [0.717, 1.165) is 16.5 Å². The van der Waals surface area contributed by atoms with Gasteiger partial charge in [0.1, 0.15) is 9.75 Å². The molecule has 1 aliphatic carbocycles. The van der Waals surface area contributed by atoms with Crippen LogP contribution in [0.2, 0.25) is 0 Å². The summed E-state index contributed by atoms with van der Waals surface area (Å²) >= 11 is 12.0. The van der Waals surface area contributed by atoms with Gasteiger partial charge in [0, 0.05) is 18.4 Å². The monoisotopic (exact) mass is 379 g/mol. The van der Waals surface area contributed by atoms with E-state index in [1.54, 1.807) is 11.8 Å². The molecule has 0 aliphatic heterocycles. The van der Waals surface area contributed by atoms with E-state index in [1.165, 1.54) is 0 Å². The van der Waals surface area contributed by atoms with E-state index in [-0.39, 0.29) is 12.5 Å². The van der Waals surface area contributed by atoms with E-state index < -0.39 is 15.7 Å². The van der Waals surface area contributed by atoms with Crippen LogP contribution >= 0.6 is 23.2 Å². The summed E-state index contributed by atoms with van der Waals surface area (Å²) in [5.41, 5.74) is -0.143. The van der Waals surface area contributed by atoms with E-state index in [0.29, 0.717) is 13.0 Å². The molecule has 3 rings (SSSR count). The van der Waals surface area contributed by atoms with Crippen LogP contribution in [0.15, 0.2) is 42.5 Å². The van der Waals surface area contributed by atoms with E-state index in [1.807, 2.05) is 49.4 Å². The van der Waals surface area contributed by atoms with Crippen molar-refractivity contribution in [3.63, 3.8) is 0 Å². The molecule has 0 saturated heterocycles. The zero-order chi connectivity index (χ0) is 18.2. The second kappa shape index (κ2) is 6.50. The van der Waals surface area contributed by atoms with Gasteiger partial charge in [0.05, 0.1) is 5.69 Å². The van der Waals surface area contributed by atoms with E-state index in [4.69, 9.17) is 27.9 Å². The molecule has 1 unspecified atom stereocenters. The quantitative estimate of drug-likeness (QED) is 0.573. The summed E-state index contributed by atoms with van der Waals surface area (Å²) in [4.78, 5) is 26.4.